The molecule has 0 fully saturated rings. The molecular weight excluding hydrogens is 144 g/mol. The monoisotopic (exact) mass is 152 g/mol. The van der Waals surface area contributed by atoms with Gasteiger partial charge in [0.15, 0.2) is 12.1 Å². The Bertz CT molecular complexity index is 248. The van der Waals surface area contributed by atoms with Crippen molar-refractivity contribution >= 4 is 12.1 Å². The fourth-order valence-electron chi connectivity index (χ4n) is 0.840. The largest absolute Gasteiger partial charge is 0.501 e. The molecule has 0 aromatic rings. The van der Waals surface area contributed by atoms with E-state index in [-0.39, 0.29) is 17.8 Å². The minimum absolute atomic E-state index is 0.181. The molecule has 0 spiro atoms. The van der Waals surface area contributed by atoms with E-state index < -0.39 is 0 Å². The molecule has 1 rings (SSSR count). The van der Waals surface area contributed by atoms with Crippen LogP contribution >= 0.6 is 0 Å². The van der Waals surface area contributed by atoms with Crippen molar-refractivity contribution in [1.29, 1.82) is 0 Å². The predicted octanol–water partition coefficient (Wildman–Crippen LogP) is 0.615. The average Bonchev–Trinajstić information content (AvgIpc) is 2.04. The van der Waals surface area contributed by atoms with Gasteiger partial charge in [0.2, 0.25) is 0 Å². The number of carbonyl (C=O) groups excluding carboxylic acids is 2. The summed E-state index contributed by atoms with van der Waals surface area (Å²) in [4.78, 5) is 21.2. The molecule has 0 atom stereocenters. The molecule has 0 radical (unpaired) electrons. The highest BCUT2D eigenvalue weighted by atomic mass is 16.5. The smallest absolute Gasteiger partial charge is 0.173 e. The third kappa shape index (κ3) is 1.55. The molecule has 11 heavy (non-hydrogen) atoms. The van der Waals surface area contributed by atoms with Crippen molar-refractivity contribution in [3.05, 3.63) is 23.5 Å². The lowest BCUT2D eigenvalue weighted by atomic mass is 10.0. The first-order chi connectivity index (χ1) is 5.27. The standard InChI is InChI=1S/C8H8O3/c1-11-7-3-2-6(5-9)8(10)4-7/h2-3,5H,4H2,1H3. The Morgan fingerprint density at radius 3 is 2.73 bits per heavy atom. The Morgan fingerprint density at radius 1 is 1.55 bits per heavy atom. The number of allylic oxidation sites excluding steroid dienone is 4. The predicted molar refractivity (Wildman–Crippen MR) is 38.9 cm³/mol. The first-order valence-corrected chi connectivity index (χ1v) is 3.21. The van der Waals surface area contributed by atoms with Gasteiger partial charge in [-0.2, -0.15) is 0 Å². The van der Waals surface area contributed by atoms with Crippen LogP contribution in [0.25, 0.3) is 0 Å². The Labute approximate surface area is 64.3 Å². The van der Waals surface area contributed by atoms with Crippen LogP contribution in [0.5, 0.6) is 0 Å². The fourth-order valence-corrected chi connectivity index (χ4v) is 0.840. The van der Waals surface area contributed by atoms with Crippen molar-refractivity contribution in [2.24, 2.45) is 0 Å². The molecule has 0 amide bonds. The molecule has 3 nitrogen and oxygen atoms in total. The zero-order valence-corrected chi connectivity index (χ0v) is 6.16. The van der Waals surface area contributed by atoms with Crippen LogP contribution in [-0.4, -0.2) is 19.2 Å². The van der Waals surface area contributed by atoms with Gasteiger partial charge in [-0.15, -0.1) is 0 Å². The third-order valence-electron chi connectivity index (χ3n) is 1.49. The van der Waals surface area contributed by atoms with E-state index in [0.717, 1.165) is 0 Å². The molecule has 1 aliphatic rings. The molecule has 0 aromatic heterocycles. The lowest BCUT2D eigenvalue weighted by Crippen LogP contribution is -2.09. The van der Waals surface area contributed by atoms with E-state index in [1.54, 1.807) is 6.08 Å². The first kappa shape index (κ1) is 7.72. The molecule has 1 aliphatic carbocycles. The van der Waals surface area contributed by atoms with Gasteiger partial charge in [0.05, 0.1) is 19.1 Å². The highest BCUT2D eigenvalue weighted by molar-refractivity contribution is 6.13. The second kappa shape index (κ2) is 3.14. The maximum absolute atomic E-state index is 11.0. The average molecular weight is 152 g/mol. The highest BCUT2D eigenvalue weighted by Gasteiger charge is 2.14. The van der Waals surface area contributed by atoms with Crippen LogP contribution < -0.4 is 0 Å². The van der Waals surface area contributed by atoms with Crippen molar-refractivity contribution in [3.8, 4) is 0 Å². The van der Waals surface area contributed by atoms with Gasteiger partial charge in [0, 0.05) is 0 Å². The maximum Gasteiger partial charge on any atom is 0.173 e. The fraction of sp³-hybridized carbons (Fsp3) is 0.250. The first-order valence-electron chi connectivity index (χ1n) is 3.21. The molecule has 0 aromatic carbocycles. The number of ketones is 1. The second-order valence-electron chi connectivity index (χ2n) is 2.18. The molecule has 0 saturated carbocycles. The summed E-state index contributed by atoms with van der Waals surface area (Å²) < 4.78 is 4.83. The Morgan fingerprint density at radius 2 is 2.27 bits per heavy atom. The van der Waals surface area contributed by atoms with E-state index in [2.05, 4.69) is 0 Å². The Hall–Kier alpha value is -1.38. The molecule has 0 unspecified atom stereocenters. The molecule has 0 aliphatic heterocycles. The van der Waals surface area contributed by atoms with Gasteiger partial charge in [-0.25, -0.2) is 0 Å². The van der Waals surface area contributed by atoms with Crippen LogP contribution in [0.3, 0.4) is 0 Å². The zero-order valence-electron chi connectivity index (χ0n) is 6.16. The molecule has 0 N–H and O–H groups in total. The lowest BCUT2D eigenvalue weighted by molar-refractivity contribution is -0.117. The van der Waals surface area contributed by atoms with Gasteiger partial charge in [0.25, 0.3) is 0 Å². The topological polar surface area (TPSA) is 43.4 Å². The van der Waals surface area contributed by atoms with Crippen molar-refractivity contribution < 1.29 is 14.3 Å². The van der Waals surface area contributed by atoms with Gasteiger partial charge in [-0.05, 0) is 12.2 Å². The number of aldehydes is 1. The number of Topliss-reactive ketones (excluding diaryl/α,β-unsaturated/α-hetero) is 1. The van der Waals surface area contributed by atoms with E-state index in [1.807, 2.05) is 0 Å². The number of methoxy groups -OCH3 is 1. The zero-order chi connectivity index (χ0) is 8.27. The van der Waals surface area contributed by atoms with Gasteiger partial charge in [-0.3, -0.25) is 9.59 Å². The summed E-state index contributed by atoms with van der Waals surface area (Å²) in [6, 6.07) is 0. The minimum Gasteiger partial charge on any atom is -0.501 e. The van der Waals surface area contributed by atoms with Gasteiger partial charge >= 0.3 is 0 Å². The molecule has 58 valence electrons. The maximum atomic E-state index is 11.0. The van der Waals surface area contributed by atoms with E-state index in [1.165, 1.54) is 13.2 Å². The lowest BCUT2D eigenvalue weighted by Gasteiger charge is -2.07. The van der Waals surface area contributed by atoms with Crippen molar-refractivity contribution in [1.82, 2.24) is 0 Å². The van der Waals surface area contributed by atoms with Crippen LogP contribution in [0.15, 0.2) is 23.5 Å². The minimum atomic E-state index is -0.181. The summed E-state index contributed by atoms with van der Waals surface area (Å²) in [5, 5.41) is 0. The number of hydrogen-bond donors (Lipinski definition) is 0. The van der Waals surface area contributed by atoms with Crippen LogP contribution in [0, 0.1) is 0 Å². The van der Waals surface area contributed by atoms with Crippen molar-refractivity contribution in [2.75, 3.05) is 7.11 Å². The van der Waals surface area contributed by atoms with Crippen LogP contribution in [-0.2, 0) is 14.3 Å². The van der Waals surface area contributed by atoms with Gasteiger partial charge in [-0.1, -0.05) is 0 Å². The number of ether oxygens (including phenoxy) is 1. The summed E-state index contributed by atoms with van der Waals surface area (Å²) in [6.45, 7) is 0. The number of hydrogen-bond acceptors (Lipinski definition) is 3. The molecule has 0 bridgehead atoms. The summed E-state index contributed by atoms with van der Waals surface area (Å²) in [5.74, 6) is 0.417. The highest BCUT2D eigenvalue weighted by Crippen LogP contribution is 2.13. The summed E-state index contributed by atoms with van der Waals surface area (Å²) in [7, 11) is 1.50. The van der Waals surface area contributed by atoms with E-state index in [0.29, 0.717) is 12.0 Å². The van der Waals surface area contributed by atoms with Crippen molar-refractivity contribution in [2.45, 2.75) is 6.42 Å². The summed E-state index contributed by atoms with van der Waals surface area (Å²) in [5.41, 5.74) is 0.214. The quantitative estimate of drug-likeness (QED) is 0.430. The normalized spacial score (nSPS) is 17.0. The van der Waals surface area contributed by atoms with Gasteiger partial charge < -0.3 is 4.74 Å². The molecule has 0 saturated heterocycles. The van der Waals surface area contributed by atoms with Gasteiger partial charge in [0.1, 0.15) is 5.76 Å². The summed E-state index contributed by atoms with van der Waals surface area (Å²) in [6.07, 6.45) is 3.86. The van der Waals surface area contributed by atoms with Crippen LogP contribution in [0.2, 0.25) is 0 Å². The van der Waals surface area contributed by atoms with E-state index in [4.69, 9.17) is 4.74 Å². The van der Waals surface area contributed by atoms with Crippen LogP contribution in [0.1, 0.15) is 6.42 Å². The van der Waals surface area contributed by atoms with E-state index in [9.17, 15) is 9.59 Å². The molecular formula is C8H8O3. The third-order valence-corrected chi connectivity index (χ3v) is 1.49. The Kier molecular flexibility index (Phi) is 2.21. The Balaban J connectivity index is 2.85. The summed E-state index contributed by atoms with van der Waals surface area (Å²) >= 11 is 0. The van der Waals surface area contributed by atoms with Crippen molar-refractivity contribution in [3.63, 3.8) is 0 Å². The molecule has 3 heteroatoms. The second-order valence-corrected chi connectivity index (χ2v) is 2.18. The van der Waals surface area contributed by atoms with Crippen LogP contribution in [0.4, 0.5) is 0 Å². The van der Waals surface area contributed by atoms with E-state index >= 15 is 0 Å². The SMILES string of the molecule is COC1=CC=C(C=O)C(=O)C1. The molecule has 0 heterocycles. The number of carbonyl (C=O) groups is 2. The number of rotatable bonds is 2.